The first-order valence-electron chi connectivity index (χ1n) is 8.70. The summed E-state index contributed by atoms with van der Waals surface area (Å²) in [6, 6.07) is 0. The van der Waals surface area contributed by atoms with Crippen molar-refractivity contribution in [3.8, 4) is 0 Å². The molecule has 6 heteroatoms. The molecule has 0 atom stereocenters. The van der Waals surface area contributed by atoms with Crippen LogP contribution in [0.25, 0.3) is 11.2 Å². The number of hydrogen-bond acceptors (Lipinski definition) is 3. The van der Waals surface area contributed by atoms with Crippen molar-refractivity contribution >= 4 is 11.2 Å². The van der Waals surface area contributed by atoms with Gasteiger partial charge in [0.2, 0.25) is 0 Å². The van der Waals surface area contributed by atoms with E-state index in [0.29, 0.717) is 23.1 Å². The minimum atomic E-state index is -0.361. The van der Waals surface area contributed by atoms with Crippen LogP contribution in [0.1, 0.15) is 64.6 Å². The van der Waals surface area contributed by atoms with Gasteiger partial charge in [0, 0.05) is 12.0 Å². The van der Waals surface area contributed by atoms with Crippen LogP contribution < -0.4 is 11.2 Å². The van der Waals surface area contributed by atoms with Crippen molar-refractivity contribution in [1.29, 1.82) is 0 Å². The Labute approximate surface area is 134 Å². The molecule has 2 aromatic heterocycles. The maximum Gasteiger partial charge on any atom is 0.330 e. The van der Waals surface area contributed by atoms with Gasteiger partial charge >= 0.3 is 5.69 Å². The van der Waals surface area contributed by atoms with Gasteiger partial charge in [-0.2, -0.15) is 0 Å². The van der Waals surface area contributed by atoms with Crippen LogP contribution in [0.3, 0.4) is 0 Å². The van der Waals surface area contributed by atoms with Crippen molar-refractivity contribution in [3.63, 3.8) is 0 Å². The third-order valence-corrected chi connectivity index (χ3v) is 6.20. The topological polar surface area (TPSA) is 83.5 Å². The van der Waals surface area contributed by atoms with Crippen molar-refractivity contribution in [2.24, 2.45) is 5.41 Å². The summed E-state index contributed by atoms with van der Waals surface area (Å²) in [5, 5.41) is 0. The second-order valence-corrected chi connectivity index (χ2v) is 7.79. The van der Waals surface area contributed by atoms with E-state index in [4.69, 9.17) is 4.98 Å². The molecule has 2 aromatic rings. The average molecular weight is 316 g/mol. The lowest BCUT2D eigenvalue weighted by Crippen LogP contribution is -2.43. The fraction of sp³-hybridized carbons (Fsp3) is 0.706. The molecule has 0 aliphatic heterocycles. The molecule has 0 spiro atoms. The quantitative estimate of drug-likeness (QED) is 0.912. The molecule has 2 bridgehead atoms. The number of aromatic nitrogens is 4. The first-order valence-corrected chi connectivity index (χ1v) is 8.70. The lowest BCUT2D eigenvalue weighted by atomic mass is 9.54. The Morgan fingerprint density at radius 1 is 1.09 bits per heavy atom. The van der Waals surface area contributed by atoms with Crippen LogP contribution in [0.2, 0.25) is 0 Å². The molecule has 0 radical (unpaired) electrons. The summed E-state index contributed by atoms with van der Waals surface area (Å²) in [4.78, 5) is 34.7. The number of imidazole rings is 1. The minimum Gasteiger partial charge on any atom is -0.336 e. The van der Waals surface area contributed by atoms with E-state index in [1.54, 1.807) is 4.57 Å². The van der Waals surface area contributed by atoms with Crippen molar-refractivity contribution < 1.29 is 0 Å². The van der Waals surface area contributed by atoms with Gasteiger partial charge in [-0.25, -0.2) is 9.78 Å². The highest BCUT2D eigenvalue weighted by molar-refractivity contribution is 5.70. The molecule has 0 aromatic carbocycles. The Morgan fingerprint density at radius 3 is 2.35 bits per heavy atom. The van der Waals surface area contributed by atoms with E-state index in [-0.39, 0.29) is 16.7 Å². The van der Waals surface area contributed by atoms with Crippen molar-refractivity contribution in [1.82, 2.24) is 19.5 Å². The molecule has 3 fully saturated rings. The highest BCUT2D eigenvalue weighted by atomic mass is 16.2. The summed E-state index contributed by atoms with van der Waals surface area (Å²) >= 11 is 0. The summed E-state index contributed by atoms with van der Waals surface area (Å²) in [5.74, 6) is 0.912. The number of H-pyrrole nitrogens is 2. The molecule has 2 heterocycles. The van der Waals surface area contributed by atoms with E-state index in [1.807, 2.05) is 6.92 Å². The minimum absolute atomic E-state index is 0.0658. The normalized spacial score (nSPS) is 30.2. The van der Waals surface area contributed by atoms with Crippen LogP contribution in [-0.4, -0.2) is 19.5 Å². The average Bonchev–Trinajstić information content (AvgIpc) is 2.99. The van der Waals surface area contributed by atoms with Gasteiger partial charge in [-0.15, -0.1) is 0 Å². The van der Waals surface area contributed by atoms with E-state index >= 15 is 0 Å². The summed E-state index contributed by atoms with van der Waals surface area (Å²) in [7, 11) is 0. The van der Waals surface area contributed by atoms with Crippen LogP contribution in [0.15, 0.2) is 9.59 Å². The fourth-order valence-electron chi connectivity index (χ4n) is 4.45. The van der Waals surface area contributed by atoms with Gasteiger partial charge in [-0.3, -0.25) is 14.3 Å². The Morgan fingerprint density at radius 2 is 1.74 bits per heavy atom. The fourth-order valence-corrected chi connectivity index (χ4v) is 4.45. The van der Waals surface area contributed by atoms with E-state index in [1.165, 1.54) is 19.3 Å². The monoisotopic (exact) mass is 316 g/mol. The Bertz CT molecular complexity index is 848. The van der Waals surface area contributed by atoms with Crippen molar-refractivity contribution in [2.45, 2.75) is 70.8 Å². The molecular formula is C17H24N4O2. The summed E-state index contributed by atoms with van der Waals surface area (Å²) < 4.78 is 1.59. The number of aryl methyl sites for hydroxylation is 1. The predicted octanol–water partition coefficient (Wildman–Crippen LogP) is 2.43. The summed E-state index contributed by atoms with van der Waals surface area (Å²) in [5.41, 5.74) is 0.806. The molecule has 23 heavy (non-hydrogen) atoms. The molecule has 3 aliphatic rings. The van der Waals surface area contributed by atoms with Gasteiger partial charge in [0.1, 0.15) is 11.3 Å². The maximum absolute atomic E-state index is 12.2. The van der Waals surface area contributed by atoms with E-state index in [9.17, 15) is 9.59 Å². The van der Waals surface area contributed by atoms with Crippen LogP contribution in [0, 0.1) is 5.41 Å². The Hall–Kier alpha value is -1.85. The highest BCUT2D eigenvalue weighted by Gasteiger charge is 2.48. The molecule has 124 valence electrons. The maximum atomic E-state index is 12.2. The Kier molecular flexibility index (Phi) is 3.09. The molecule has 0 saturated heterocycles. The first-order chi connectivity index (χ1) is 11.0. The lowest BCUT2D eigenvalue weighted by molar-refractivity contribution is 0.0513. The third kappa shape index (κ3) is 2.11. The van der Waals surface area contributed by atoms with E-state index < -0.39 is 0 Å². The zero-order chi connectivity index (χ0) is 16.2. The molecule has 3 aliphatic carbocycles. The number of rotatable bonds is 3. The summed E-state index contributed by atoms with van der Waals surface area (Å²) in [6.45, 7) is 4.97. The third-order valence-electron chi connectivity index (χ3n) is 6.20. The van der Waals surface area contributed by atoms with Crippen LogP contribution in [0.5, 0.6) is 0 Å². The lowest BCUT2D eigenvalue weighted by Gasteiger charge is -2.51. The van der Waals surface area contributed by atoms with Gasteiger partial charge in [0.25, 0.3) is 5.56 Å². The summed E-state index contributed by atoms with van der Waals surface area (Å²) in [6.07, 6.45) is 7.87. The zero-order valence-corrected chi connectivity index (χ0v) is 13.9. The van der Waals surface area contributed by atoms with Gasteiger partial charge in [-0.05, 0) is 50.4 Å². The SMILES string of the molecule is CCCn1c(=O)[nH]c(=O)c2[nH]c(C34CCC(C)(CC3)CC4)nc21. The number of nitrogens with zero attached hydrogens (tertiary/aromatic N) is 2. The molecule has 2 N–H and O–H groups in total. The van der Waals surface area contributed by atoms with Gasteiger partial charge in [0.15, 0.2) is 5.65 Å². The zero-order valence-electron chi connectivity index (χ0n) is 13.9. The molecular weight excluding hydrogens is 292 g/mol. The largest absolute Gasteiger partial charge is 0.336 e. The number of hydrogen-bond donors (Lipinski definition) is 2. The number of aromatic amines is 2. The molecule has 6 nitrogen and oxygen atoms in total. The second kappa shape index (κ2) is 4.82. The second-order valence-electron chi connectivity index (χ2n) is 7.79. The van der Waals surface area contributed by atoms with Crippen LogP contribution in [0.4, 0.5) is 0 Å². The molecule has 0 unspecified atom stereocenters. The van der Waals surface area contributed by atoms with Crippen LogP contribution in [-0.2, 0) is 12.0 Å². The van der Waals surface area contributed by atoms with E-state index in [2.05, 4.69) is 16.9 Å². The van der Waals surface area contributed by atoms with Crippen molar-refractivity contribution in [2.75, 3.05) is 0 Å². The molecule has 3 saturated carbocycles. The number of nitrogens with one attached hydrogen (secondary N) is 2. The van der Waals surface area contributed by atoms with Gasteiger partial charge < -0.3 is 4.98 Å². The molecule has 0 amide bonds. The smallest absolute Gasteiger partial charge is 0.330 e. The number of fused-ring (bicyclic) bond motifs is 4. The Balaban J connectivity index is 1.87. The highest BCUT2D eigenvalue weighted by Crippen LogP contribution is 2.56. The van der Waals surface area contributed by atoms with Crippen molar-refractivity contribution in [3.05, 3.63) is 26.7 Å². The molecule has 5 rings (SSSR count). The predicted molar refractivity (Wildman–Crippen MR) is 88.8 cm³/mol. The van der Waals surface area contributed by atoms with Gasteiger partial charge in [0.05, 0.1) is 0 Å². The van der Waals surface area contributed by atoms with E-state index in [0.717, 1.165) is 31.5 Å². The first kappa shape index (κ1) is 14.7. The standard InChI is InChI=1S/C17H24N4O2/c1-3-10-21-12-11(13(22)20-15(21)23)18-14(19-12)17-7-4-16(2,5-8-17)6-9-17/h3-10H2,1-2H3,(H,18,19)(H,20,22,23). The van der Waals surface area contributed by atoms with Gasteiger partial charge in [-0.1, -0.05) is 13.8 Å². The van der Waals surface area contributed by atoms with Crippen LogP contribution >= 0.6 is 0 Å².